The van der Waals surface area contributed by atoms with Gasteiger partial charge in [0.05, 0.1) is 0 Å². The molecule has 0 saturated carbocycles. The summed E-state index contributed by atoms with van der Waals surface area (Å²) < 4.78 is 13.3. The highest BCUT2D eigenvalue weighted by atomic mass is 19.1. The van der Waals surface area contributed by atoms with Crippen LogP contribution in [0.3, 0.4) is 0 Å². The summed E-state index contributed by atoms with van der Waals surface area (Å²) in [5.74, 6) is -0.204. The summed E-state index contributed by atoms with van der Waals surface area (Å²) in [4.78, 5) is 4.85. The maximum atomic E-state index is 13.3. The molecule has 0 aromatic heterocycles. The van der Waals surface area contributed by atoms with E-state index in [-0.39, 0.29) is 5.82 Å². The first-order chi connectivity index (χ1) is 13.4. The van der Waals surface area contributed by atoms with Gasteiger partial charge in [-0.2, -0.15) is 0 Å². The Bertz CT molecular complexity index is 901. The van der Waals surface area contributed by atoms with Crippen LogP contribution < -0.4 is 0 Å². The molecular weight excluding hydrogens is 347 g/mol. The Morgan fingerprint density at radius 1 is 1.18 bits per heavy atom. The van der Waals surface area contributed by atoms with E-state index in [0.29, 0.717) is 12.1 Å². The zero-order chi connectivity index (χ0) is 19.8. The van der Waals surface area contributed by atoms with Gasteiger partial charge in [0.1, 0.15) is 5.82 Å². The Kier molecular flexibility index (Phi) is 5.11. The molecule has 28 heavy (non-hydrogen) atoms. The van der Waals surface area contributed by atoms with Gasteiger partial charge in [0, 0.05) is 36.1 Å². The van der Waals surface area contributed by atoms with E-state index >= 15 is 0 Å². The van der Waals surface area contributed by atoms with E-state index in [9.17, 15) is 4.39 Å². The monoisotopic (exact) mass is 376 g/mol. The molecule has 0 spiro atoms. The van der Waals surface area contributed by atoms with Crippen LogP contribution in [0.15, 0.2) is 77.8 Å². The van der Waals surface area contributed by atoms with Crippen molar-refractivity contribution < 1.29 is 4.39 Å². The molecule has 0 radical (unpaired) electrons. The number of benzene rings is 1. The third-order valence-corrected chi connectivity index (χ3v) is 6.45. The van der Waals surface area contributed by atoms with Crippen LogP contribution in [-0.2, 0) is 0 Å². The van der Waals surface area contributed by atoms with E-state index in [0.717, 1.165) is 29.7 Å². The number of nitrogens with zero attached hydrogens (tertiary/aromatic N) is 2. The zero-order valence-electron chi connectivity index (χ0n) is 17.1. The maximum Gasteiger partial charge on any atom is 0.123 e. The normalized spacial score (nSPS) is 29.0. The standard InChI is InChI=1S/C25H29FN2/c1-17-5-7-19(3)28(16-18(2)20-8-10-21(26)11-9-20)25-15-22-12-14-24(27(22)4)23(25)13-6-17/h5-11,16,22,24H,3,12-15H2,1-2,4H3/b7-5-,17-6-,18-16+. The van der Waals surface area contributed by atoms with Crippen LogP contribution in [0.5, 0.6) is 0 Å². The molecule has 1 aromatic carbocycles. The molecule has 1 saturated heterocycles. The molecule has 0 N–H and O–H groups in total. The van der Waals surface area contributed by atoms with Crippen LogP contribution in [0, 0.1) is 5.82 Å². The van der Waals surface area contributed by atoms with Gasteiger partial charge in [-0.1, -0.05) is 36.4 Å². The van der Waals surface area contributed by atoms with Gasteiger partial charge < -0.3 is 4.90 Å². The number of hydrogen-bond donors (Lipinski definition) is 0. The fourth-order valence-corrected chi connectivity index (χ4v) is 4.69. The van der Waals surface area contributed by atoms with E-state index in [2.05, 4.69) is 61.7 Å². The first kappa shape index (κ1) is 18.9. The quantitative estimate of drug-likeness (QED) is 0.622. The van der Waals surface area contributed by atoms with Gasteiger partial charge in [0.15, 0.2) is 0 Å². The number of allylic oxidation sites excluding steroid dienone is 5. The van der Waals surface area contributed by atoms with Crippen molar-refractivity contribution in [1.29, 1.82) is 0 Å². The lowest BCUT2D eigenvalue weighted by Gasteiger charge is -2.39. The highest BCUT2D eigenvalue weighted by Gasteiger charge is 2.40. The molecule has 2 bridgehead atoms. The molecule has 2 nitrogen and oxygen atoms in total. The van der Waals surface area contributed by atoms with Gasteiger partial charge >= 0.3 is 0 Å². The van der Waals surface area contributed by atoms with Crippen molar-refractivity contribution in [1.82, 2.24) is 9.80 Å². The molecule has 2 unspecified atom stereocenters. The minimum Gasteiger partial charge on any atom is -0.321 e. The predicted molar refractivity (Wildman–Crippen MR) is 115 cm³/mol. The van der Waals surface area contributed by atoms with Crippen molar-refractivity contribution in [3.05, 3.63) is 89.2 Å². The highest BCUT2D eigenvalue weighted by molar-refractivity contribution is 5.64. The van der Waals surface area contributed by atoms with Crippen LogP contribution in [0.4, 0.5) is 4.39 Å². The second-order valence-corrected chi connectivity index (χ2v) is 8.25. The molecule has 3 heterocycles. The predicted octanol–water partition coefficient (Wildman–Crippen LogP) is 6.03. The van der Waals surface area contributed by atoms with E-state index in [1.54, 1.807) is 0 Å². The molecule has 3 heteroatoms. The molecule has 146 valence electrons. The first-order valence-corrected chi connectivity index (χ1v) is 10.1. The smallest absolute Gasteiger partial charge is 0.123 e. The largest absolute Gasteiger partial charge is 0.321 e. The SMILES string of the molecule is C=C1/C=C\C(C)=C/CC2=C(CC3CCC2N3C)N1/C=C(\C)c1ccc(F)cc1. The van der Waals surface area contributed by atoms with E-state index in [4.69, 9.17) is 0 Å². The summed E-state index contributed by atoms with van der Waals surface area (Å²) in [7, 11) is 2.27. The molecule has 3 aliphatic rings. The zero-order valence-corrected chi connectivity index (χ0v) is 17.1. The summed E-state index contributed by atoms with van der Waals surface area (Å²) in [6, 6.07) is 7.85. The summed E-state index contributed by atoms with van der Waals surface area (Å²) in [5.41, 5.74) is 7.31. The molecule has 2 atom stereocenters. The molecule has 0 aliphatic carbocycles. The third kappa shape index (κ3) is 3.51. The second kappa shape index (κ2) is 7.56. The number of likely N-dealkylation sites (N-methyl/N-ethyl adjacent to an activating group) is 1. The molecule has 1 aromatic rings. The van der Waals surface area contributed by atoms with Gasteiger partial charge in [-0.05, 0) is 75.1 Å². The molecule has 1 fully saturated rings. The lowest BCUT2D eigenvalue weighted by molar-refractivity contribution is 0.228. The van der Waals surface area contributed by atoms with Crippen molar-refractivity contribution in [3.8, 4) is 0 Å². The van der Waals surface area contributed by atoms with Crippen LogP contribution >= 0.6 is 0 Å². The van der Waals surface area contributed by atoms with E-state index < -0.39 is 0 Å². The van der Waals surface area contributed by atoms with E-state index in [1.807, 2.05) is 12.1 Å². The minimum atomic E-state index is -0.204. The Hall–Kier alpha value is -2.39. The van der Waals surface area contributed by atoms with Gasteiger partial charge in [-0.3, -0.25) is 4.90 Å². The van der Waals surface area contributed by atoms with Gasteiger partial charge in [-0.25, -0.2) is 4.39 Å². The van der Waals surface area contributed by atoms with Gasteiger partial charge in [0.2, 0.25) is 0 Å². The van der Waals surface area contributed by atoms with E-state index in [1.165, 1.54) is 41.8 Å². The van der Waals surface area contributed by atoms with Crippen LogP contribution in [-0.4, -0.2) is 28.9 Å². The highest BCUT2D eigenvalue weighted by Crippen LogP contribution is 2.42. The minimum absolute atomic E-state index is 0.204. The third-order valence-electron chi connectivity index (χ3n) is 6.45. The van der Waals surface area contributed by atoms with Crippen LogP contribution in [0.25, 0.3) is 5.57 Å². The van der Waals surface area contributed by atoms with Gasteiger partial charge in [-0.15, -0.1) is 0 Å². The number of halogens is 1. The van der Waals surface area contributed by atoms with Crippen molar-refractivity contribution >= 4 is 5.57 Å². The summed E-state index contributed by atoms with van der Waals surface area (Å²) >= 11 is 0. The summed E-state index contributed by atoms with van der Waals surface area (Å²) in [5, 5.41) is 0. The number of rotatable bonds is 2. The number of hydrogen-bond acceptors (Lipinski definition) is 2. The molecule has 3 aliphatic heterocycles. The van der Waals surface area contributed by atoms with Crippen molar-refractivity contribution in [2.45, 2.75) is 51.6 Å². The maximum absolute atomic E-state index is 13.3. The van der Waals surface area contributed by atoms with Gasteiger partial charge in [0.25, 0.3) is 0 Å². The lowest BCUT2D eigenvalue weighted by Crippen LogP contribution is -2.40. The van der Waals surface area contributed by atoms with Crippen molar-refractivity contribution in [3.63, 3.8) is 0 Å². The Labute approximate surface area is 168 Å². The fourth-order valence-electron chi connectivity index (χ4n) is 4.69. The Balaban J connectivity index is 1.79. The second-order valence-electron chi connectivity index (χ2n) is 8.25. The van der Waals surface area contributed by atoms with Crippen LogP contribution in [0.2, 0.25) is 0 Å². The Morgan fingerprint density at radius 3 is 2.68 bits per heavy atom. The number of fused-ring (bicyclic) bond motifs is 3. The lowest BCUT2D eigenvalue weighted by atomic mass is 9.94. The molecule has 4 rings (SSSR count). The van der Waals surface area contributed by atoms with Crippen molar-refractivity contribution in [2.75, 3.05) is 7.05 Å². The fraction of sp³-hybridized carbons (Fsp3) is 0.360. The van der Waals surface area contributed by atoms with Crippen molar-refractivity contribution in [2.24, 2.45) is 0 Å². The first-order valence-electron chi connectivity index (χ1n) is 10.1. The van der Waals surface area contributed by atoms with Crippen LogP contribution in [0.1, 0.15) is 45.1 Å². The molecule has 0 amide bonds. The summed E-state index contributed by atoms with van der Waals surface area (Å²) in [6.07, 6.45) is 13.3. The average molecular weight is 377 g/mol. The average Bonchev–Trinajstić information content (AvgIpc) is 2.94. The summed E-state index contributed by atoms with van der Waals surface area (Å²) in [6.45, 7) is 8.62. The topological polar surface area (TPSA) is 6.48 Å². The Morgan fingerprint density at radius 2 is 1.93 bits per heavy atom. The molecular formula is C25H29FN2.